The van der Waals surface area contributed by atoms with Crippen molar-refractivity contribution < 1.29 is 14.3 Å². The summed E-state index contributed by atoms with van der Waals surface area (Å²) in [5.41, 5.74) is 1.82. The van der Waals surface area contributed by atoms with Crippen molar-refractivity contribution in [2.24, 2.45) is 0 Å². The van der Waals surface area contributed by atoms with Gasteiger partial charge in [0.05, 0.1) is 12.7 Å². The molecule has 0 heterocycles. The van der Waals surface area contributed by atoms with Crippen molar-refractivity contribution in [1.29, 1.82) is 0 Å². The highest BCUT2D eigenvalue weighted by Crippen LogP contribution is 2.32. The van der Waals surface area contributed by atoms with Gasteiger partial charge in [-0.1, -0.05) is 18.2 Å². The molecule has 2 aromatic carbocycles. The number of hydrogen-bond acceptors (Lipinski definition) is 3. The van der Waals surface area contributed by atoms with Gasteiger partial charge in [-0.05, 0) is 39.9 Å². The first-order chi connectivity index (χ1) is 8.60. The highest BCUT2D eigenvalue weighted by Gasteiger charge is 2.16. The van der Waals surface area contributed by atoms with Crippen molar-refractivity contribution in [1.82, 2.24) is 0 Å². The van der Waals surface area contributed by atoms with E-state index in [0.29, 0.717) is 16.5 Å². The molecule has 0 unspecified atom stereocenters. The minimum Gasteiger partial charge on any atom is -0.465 e. The van der Waals surface area contributed by atoms with E-state index in [4.69, 9.17) is 4.74 Å². The van der Waals surface area contributed by atoms with Gasteiger partial charge in [0.15, 0.2) is 6.29 Å². The third-order valence-corrected chi connectivity index (χ3v) is 3.89. The van der Waals surface area contributed by atoms with Crippen LogP contribution < -0.4 is 0 Å². The second-order valence-corrected chi connectivity index (χ2v) is 4.73. The number of aldehydes is 1. The fourth-order valence-electron chi connectivity index (χ4n) is 1.99. The second kappa shape index (κ2) is 4.90. The summed E-state index contributed by atoms with van der Waals surface area (Å²) in [5, 5.41) is 1.46. The van der Waals surface area contributed by atoms with Gasteiger partial charge in [0.2, 0.25) is 0 Å². The van der Waals surface area contributed by atoms with Crippen LogP contribution in [0, 0.1) is 6.92 Å². The van der Waals surface area contributed by atoms with E-state index in [1.807, 2.05) is 13.0 Å². The number of carbonyl (C=O) groups is 2. The van der Waals surface area contributed by atoms with Crippen LogP contribution in [0.5, 0.6) is 0 Å². The molecule has 0 saturated carbocycles. The monoisotopic (exact) mass is 306 g/mol. The van der Waals surface area contributed by atoms with E-state index < -0.39 is 5.97 Å². The molecule has 0 fully saturated rings. The first-order valence-corrected chi connectivity index (χ1v) is 6.14. The summed E-state index contributed by atoms with van der Waals surface area (Å²) >= 11 is 3.48. The number of rotatable bonds is 2. The summed E-state index contributed by atoms with van der Waals surface area (Å²) in [4.78, 5) is 22.9. The Kier molecular flexibility index (Phi) is 3.48. The predicted molar refractivity (Wildman–Crippen MR) is 73.1 cm³/mol. The molecule has 0 bridgehead atoms. The molecule has 0 aliphatic carbocycles. The predicted octanol–water partition coefficient (Wildman–Crippen LogP) is 3.51. The number of ether oxygens (including phenoxy) is 1. The van der Waals surface area contributed by atoms with Gasteiger partial charge in [-0.25, -0.2) is 4.79 Å². The van der Waals surface area contributed by atoms with Crippen LogP contribution in [-0.2, 0) is 4.74 Å². The van der Waals surface area contributed by atoms with Gasteiger partial charge in [0, 0.05) is 15.4 Å². The Morgan fingerprint density at radius 1 is 1.39 bits per heavy atom. The average Bonchev–Trinajstić information content (AvgIpc) is 2.41. The van der Waals surface area contributed by atoms with Gasteiger partial charge >= 0.3 is 5.97 Å². The minimum atomic E-state index is -0.440. The topological polar surface area (TPSA) is 43.4 Å². The smallest absolute Gasteiger partial charge is 0.338 e. The molecule has 0 atom stereocenters. The zero-order chi connectivity index (χ0) is 13.3. The Labute approximate surface area is 113 Å². The van der Waals surface area contributed by atoms with E-state index >= 15 is 0 Å². The number of hydrogen-bond donors (Lipinski definition) is 0. The third-order valence-electron chi connectivity index (χ3n) is 2.84. The first-order valence-electron chi connectivity index (χ1n) is 5.35. The van der Waals surface area contributed by atoms with E-state index in [1.165, 1.54) is 7.11 Å². The molecule has 0 aromatic heterocycles. The quantitative estimate of drug-likeness (QED) is 0.630. The van der Waals surface area contributed by atoms with Crippen molar-refractivity contribution in [2.45, 2.75) is 6.92 Å². The lowest BCUT2D eigenvalue weighted by Gasteiger charge is -2.11. The zero-order valence-electron chi connectivity index (χ0n) is 9.99. The Bertz CT molecular complexity index is 647. The van der Waals surface area contributed by atoms with Crippen molar-refractivity contribution in [3.8, 4) is 0 Å². The SMILES string of the molecule is COC(=O)c1cc(C)c(Br)c2cccc(C=O)c12. The van der Waals surface area contributed by atoms with Crippen LogP contribution in [0.3, 0.4) is 0 Å². The lowest BCUT2D eigenvalue weighted by molar-refractivity contribution is 0.0603. The molecule has 2 aromatic rings. The van der Waals surface area contributed by atoms with Crippen LogP contribution in [0.4, 0.5) is 0 Å². The standard InChI is InChI=1S/C14H11BrO3/c1-8-6-11(14(17)18-2)12-9(7-16)4-3-5-10(12)13(8)15/h3-7H,1-2H3. The number of halogens is 1. The van der Waals surface area contributed by atoms with Crippen molar-refractivity contribution >= 4 is 39.0 Å². The lowest BCUT2D eigenvalue weighted by Crippen LogP contribution is -2.04. The first kappa shape index (κ1) is 12.8. The second-order valence-electron chi connectivity index (χ2n) is 3.93. The summed E-state index contributed by atoms with van der Waals surface area (Å²) < 4.78 is 5.65. The molecule has 0 aliphatic rings. The van der Waals surface area contributed by atoms with Gasteiger partial charge in [-0.3, -0.25) is 4.79 Å². The maximum absolute atomic E-state index is 11.8. The molecule has 0 radical (unpaired) electrons. The number of benzene rings is 2. The Balaban J connectivity index is 2.97. The maximum Gasteiger partial charge on any atom is 0.338 e. The van der Waals surface area contributed by atoms with E-state index in [2.05, 4.69) is 15.9 Å². The van der Waals surface area contributed by atoms with Crippen molar-refractivity contribution in [3.05, 3.63) is 45.4 Å². The van der Waals surface area contributed by atoms with E-state index in [-0.39, 0.29) is 0 Å². The fourth-order valence-corrected chi connectivity index (χ4v) is 2.43. The minimum absolute atomic E-state index is 0.413. The van der Waals surface area contributed by atoms with Crippen molar-refractivity contribution in [2.75, 3.05) is 7.11 Å². The highest BCUT2D eigenvalue weighted by atomic mass is 79.9. The Morgan fingerprint density at radius 2 is 2.11 bits per heavy atom. The summed E-state index contributed by atoms with van der Waals surface area (Å²) in [6.07, 6.45) is 0.747. The number of esters is 1. The summed E-state index contributed by atoms with van der Waals surface area (Å²) in [6.45, 7) is 1.89. The van der Waals surface area contributed by atoms with Gasteiger partial charge in [0.25, 0.3) is 0 Å². The van der Waals surface area contributed by atoms with Gasteiger partial charge in [-0.2, -0.15) is 0 Å². The van der Waals surface area contributed by atoms with Gasteiger partial charge in [0.1, 0.15) is 0 Å². The molecule has 0 amide bonds. The molecule has 0 spiro atoms. The average molecular weight is 307 g/mol. The van der Waals surface area contributed by atoms with Gasteiger partial charge < -0.3 is 4.74 Å². The Hall–Kier alpha value is -1.68. The molecule has 18 heavy (non-hydrogen) atoms. The maximum atomic E-state index is 11.8. The van der Waals surface area contributed by atoms with Crippen LogP contribution in [0.25, 0.3) is 10.8 Å². The third kappa shape index (κ3) is 1.93. The van der Waals surface area contributed by atoms with E-state index in [9.17, 15) is 9.59 Å². The summed E-state index contributed by atoms with van der Waals surface area (Å²) in [5.74, 6) is -0.440. The molecule has 92 valence electrons. The fraction of sp³-hybridized carbons (Fsp3) is 0.143. The van der Waals surface area contributed by atoms with Crippen LogP contribution >= 0.6 is 15.9 Å². The largest absolute Gasteiger partial charge is 0.465 e. The number of fused-ring (bicyclic) bond motifs is 1. The lowest BCUT2D eigenvalue weighted by atomic mass is 9.97. The molecule has 3 nitrogen and oxygen atoms in total. The van der Waals surface area contributed by atoms with E-state index in [0.717, 1.165) is 21.7 Å². The van der Waals surface area contributed by atoms with Crippen LogP contribution in [0.2, 0.25) is 0 Å². The van der Waals surface area contributed by atoms with Gasteiger partial charge in [-0.15, -0.1) is 0 Å². The zero-order valence-corrected chi connectivity index (χ0v) is 11.6. The number of carbonyl (C=O) groups excluding carboxylic acids is 2. The summed E-state index contributed by atoms with van der Waals surface area (Å²) in [6, 6.07) is 7.07. The number of aryl methyl sites for hydroxylation is 1. The van der Waals surface area contributed by atoms with Crippen LogP contribution in [0.1, 0.15) is 26.3 Å². The normalized spacial score (nSPS) is 10.4. The molecular weight excluding hydrogens is 296 g/mol. The van der Waals surface area contributed by atoms with E-state index in [1.54, 1.807) is 18.2 Å². The van der Waals surface area contributed by atoms with Crippen LogP contribution in [0.15, 0.2) is 28.7 Å². The molecule has 0 saturated heterocycles. The molecule has 0 N–H and O–H groups in total. The summed E-state index contributed by atoms with van der Waals surface area (Å²) in [7, 11) is 1.33. The Morgan fingerprint density at radius 3 is 2.72 bits per heavy atom. The molecular formula is C14H11BrO3. The van der Waals surface area contributed by atoms with Crippen molar-refractivity contribution in [3.63, 3.8) is 0 Å². The van der Waals surface area contributed by atoms with Crippen LogP contribution in [-0.4, -0.2) is 19.4 Å². The molecule has 2 rings (SSSR count). The molecule has 4 heteroatoms. The molecule has 0 aliphatic heterocycles. The number of methoxy groups -OCH3 is 1. The highest BCUT2D eigenvalue weighted by molar-refractivity contribution is 9.10.